The van der Waals surface area contributed by atoms with Gasteiger partial charge < -0.3 is 9.52 Å². The van der Waals surface area contributed by atoms with E-state index < -0.39 is 16.0 Å². The third-order valence-electron chi connectivity index (χ3n) is 3.07. The Hall–Kier alpha value is -1.34. The molecule has 0 amide bonds. The zero-order valence-corrected chi connectivity index (χ0v) is 12.3. The van der Waals surface area contributed by atoms with Crippen LogP contribution in [-0.2, 0) is 10.0 Å². The molecule has 0 bridgehead atoms. The lowest BCUT2D eigenvalue weighted by atomic mass is 10.2. The van der Waals surface area contributed by atoms with Crippen molar-refractivity contribution in [3.63, 3.8) is 0 Å². The number of carboxylic acid groups (broad SMARTS) is 1. The van der Waals surface area contributed by atoms with Crippen molar-refractivity contribution in [3.8, 4) is 0 Å². The molecule has 19 heavy (non-hydrogen) atoms. The van der Waals surface area contributed by atoms with E-state index >= 15 is 0 Å². The second-order valence-corrected chi connectivity index (χ2v) is 6.46. The van der Waals surface area contributed by atoms with E-state index in [1.807, 2.05) is 13.8 Å². The Labute approximate surface area is 113 Å². The summed E-state index contributed by atoms with van der Waals surface area (Å²) in [4.78, 5) is 10.7. The molecule has 0 aliphatic rings. The van der Waals surface area contributed by atoms with Gasteiger partial charge in [-0.15, -0.1) is 0 Å². The van der Waals surface area contributed by atoms with Crippen molar-refractivity contribution in [1.82, 2.24) is 4.31 Å². The fourth-order valence-electron chi connectivity index (χ4n) is 1.82. The molecule has 0 saturated carbocycles. The zero-order chi connectivity index (χ0) is 14.8. The Morgan fingerprint density at radius 3 is 2.53 bits per heavy atom. The van der Waals surface area contributed by atoms with Crippen molar-refractivity contribution in [3.05, 3.63) is 17.6 Å². The number of aromatic carboxylic acids is 1. The summed E-state index contributed by atoms with van der Waals surface area (Å²) in [6, 6.07) is 0.903. The summed E-state index contributed by atoms with van der Waals surface area (Å²) in [6.45, 7) is 5.23. The van der Waals surface area contributed by atoms with Gasteiger partial charge in [0.1, 0.15) is 10.7 Å². The Morgan fingerprint density at radius 2 is 2.11 bits per heavy atom. The van der Waals surface area contributed by atoms with Crippen LogP contribution < -0.4 is 0 Å². The van der Waals surface area contributed by atoms with Crippen LogP contribution in [-0.4, -0.2) is 36.9 Å². The molecule has 1 N–H and O–H groups in total. The fourth-order valence-corrected chi connectivity index (χ4v) is 3.37. The second-order valence-electron chi connectivity index (χ2n) is 4.50. The number of hydrogen-bond acceptors (Lipinski definition) is 4. The third kappa shape index (κ3) is 3.16. The van der Waals surface area contributed by atoms with Crippen LogP contribution in [0, 0.1) is 6.92 Å². The summed E-state index contributed by atoms with van der Waals surface area (Å²) in [5.41, 5.74) is 0. The first-order valence-corrected chi connectivity index (χ1v) is 7.47. The highest BCUT2D eigenvalue weighted by atomic mass is 32.2. The average Bonchev–Trinajstić information content (AvgIpc) is 2.71. The van der Waals surface area contributed by atoms with Crippen LogP contribution in [0.15, 0.2) is 15.4 Å². The van der Waals surface area contributed by atoms with E-state index in [0.29, 0.717) is 0 Å². The van der Waals surface area contributed by atoms with Gasteiger partial charge in [0.05, 0.1) is 0 Å². The topological polar surface area (TPSA) is 87.8 Å². The lowest BCUT2D eigenvalue weighted by Crippen LogP contribution is -2.35. The molecule has 1 unspecified atom stereocenters. The molecular formula is C12H19NO5S. The molecule has 1 aromatic rings. The van der Waals surface area contributed by atoms with Crippen molar-refractivity contribution in [2.45, 2.75) is 44.6 Å². The molecule has 0 radical (unpaired) electrons. The molecule has 6 nitrogen and oxygen atoms in total. The van der Waals surface area contributed by atoms with E-state index in [-0.39, 0.29) is 22.5 Å². The van der Waals surface area contributed by atoms with Crippen LogP contribution in [0.1, 0.15) is 43.0 Å². The Kier molecular flexibility index (Phi) is 4.75. The first-order valence-electron chi connectivity index (χ1n) is 6.03. The van der Waals surface area contributed by atoms with Crippen molar-refractivity contribution in [1.29, 1.82) is 0 Å². The van der Waals surface area contributed by atoms with E-state index in [1.54, 1.807) is 0 Å². The van der Waals surface area contributed by atoms with Crippen LogP contribution in [0.5, 0.6) is 0 Å². The quantitative estimate of drug-likeness (QED) is 0.866. The molecule has 0 spiro atoms. The van der Waals surface area contributed by atoms with Crippen molar-refractivity contribution in [2.75, 3.05) is 7.05 Å². The number of aryl methyl sites for hydroxylation is 1. The minimum Gasteiger partial charge on any atom is -0.475 e. The summed E-state index contributed by atoms with van der Waals surface area (Å²) in [7, 11) is -2.24. The second kappa shape index (κ2) is 5.75. The fraction of sp³-hybridized carbons (Fsp3) is 0.583. The van der Waals surface area contributed by atoms with E-state index in [1.165, 1.54) is 18.3 Å². The number of furan rings is 1. The van der Waals surface area contributed by atoms with Crippen molar-refractivity contribution in [2.24, 2.45) is 0 Å². The first-order chi connectivity index (χ1) is 8.71. The minimum absolute atomic E-state index is 0.0876. The zero-order valence-electron chi connectivity index (χ0n) is 11.5. The number of carbonyl (C=O) groups is 1. The van der Waals surface area contributed by atoms with Gasteiger partial charge in [0.2, 0.25) is 15.8 Å². The van der Waals surface area contributed by atoms with E-state index in [0.717, 1.165) is 18.9 Å². The third-order valence-corrected chi connectivity index (χ3v) is 5.15. The Bertz CT molecular complexity index is 561. The van der Waals surface area contributed by atoms with Gasteiger partial charge in [-0.1, -0.05) is 13.3 Å². The number of hydrogen-bond donors (Lipinski definition) is 1. The van der Waals surface area contributed by atoms with Crippen molar-refractivity contribution < 1.29 is 22.7 Å². The van der Waals surface area contributed by atoms with Crippen LogP contribution in [0.2, 0.25) is 0 Å². The van der Waals surface area contributed by atoms with E-state index in [2.05, 4.69) is 0 Å². The molecule has 7 heteroatoms. The van der Waals surface area contributed by atoms with E-state index in [9.17, 15) is 13.2 Å². The Balaban J connectivity index is 3.16. The SMILES string of the molecule is CCCC(C)N(C)S(=O)(=O)c1cc(C(=O)O)oc1C. The molecular weight excluding hydrogens is 270 g/mol. The summed E-state index contributed by atoms with van der Waals surface area (Å²) in [5.74, 6) is -1.56. The maximum Gasteiger partial charge on any atom is 0.371 e. The molecule has 108 valence electrons. The summed E-state index contributed by atoms with van der Waals surface area (Å²) in [5, 5.41) is 8.82. The molecule has 1 heterocycles. The highest BCUT2D eigenvalue weighted by Crippen LogP contribution is 2.25. The smallest absolute Gasteiger partial charge is 0.371 e. The maximum atomic E-state index is 12.4. The number of carboxylic acids is 1. The molecule has 0 saturated heterocycles. The molecule has 1 rings (SSSR count). The molecule has 0 aliphatic heterocycles. The largest absolute Gasteiger partial charge is 0.475 e. The van der Waals surface area contributed by atoms with Gasteiger partial charge in [-0.05, 0) is 20.3 Å². The molecule has 1 atom stereocenters. The minimum atomic E-state index is -3.73. The molecule has 0 fully saturated rings. The van der Waals surface area contributed by atoms with Crippen LogP contribution in [0.4, 0.5) is 0 Å². The van der Waals surface area contributed by atoms with Gasteiger partial charge in [0.25, 0.3) is 0 Å². The average molecular weight is 289 g/mol. The summed E-state index contributed by atoms with van der Waals surface area (Å²) in [6.07, 6.45) is 1.60. The molecule has 0 aliphatic carbocycles. The van der Waals surface area contributed by atoms with Gasteiger partial charge in [-0.2, -0.15) is 4.31 Å². The van der Waals surface area contributed by atoms with Crippen molar-refractivity contribution >= 4 is 16.0 Å². The van der Waals surface area contributed by atoms with Gasteiger partial charge >= 0.3 is 5.97 Å². The van der Waals surface area contributed by atoms with Crippen LogP contribution in [0.3, 0.4) is 0 Å². The standard InChI is InChI=1S/C12H19NO5S/c1-5-6-8(2)13(4)19(16,17)11-7-10(12(14)15)18-9(11)3/h7-8H,5-6H2,1-4H3,(H,14,15). The normalized spacial score (nSPS) is 13.7. The number of rotatable bonds is 6. The van der Waals surface area contributed by atoms with Crippen LogP contribution in [0.25, 0.3) is 0 Å². The lowest BCUT2D eigenvalue weighted by Gasteiger charge is -2.23. The summed E-state index contributed by atoms with van der Waals surface area (Å²) >= 11 is 0. The van der Waals surface area contributed by atoms with Gasteiger partial charge in [-0.25, -0.2) is 13.2 Å². The highest BCUT2D eigenvalue weighted by Gasteiger charge is 2.30. The number of nitrogens with zero attached hydrogens (tertiary/aromatic N) is 1. The monoisotopic (exact) mass is 289 g/mol. The molecule has 0 aromatic carbocycles. The Morgan fingerprint density at radius 1 is 1.53 bits per heavy atom. The molecule has 1 aromatic heterocycles. The van der Waals surface area contributed by atoms with Gasteiger partial charge in [0, 0.05) is 19.2 Å². The van der Waals surface area contributed by atoms with Gasteiger partial charge in [0.15, 0.2) is 0 Å². The first kappa shape index (κ1) is 15.7. The predicted octanol–water partition coefficient (Wildman–Crippen LogP) is 2.10. The maximum absolute atomic E-state index is 12.4. The van der Waals surface area contributed by atoms with Gasteiger partial charge in [-0.3, -0.25) is 0 Å². The predicted molar refractivity (Wildman–Crippen MR) is 69.7 cm³/mol. The summed E-state index contributed by atoms with van der Waals surface area (Å²) < 4.78 is 31.0. The van der Waals surface area contributed by atoms with E-state index in [4.69, 9.17) is 9.52 Å². The highest BCUT2D eigenvalue weighted by molar-refractivity contribution is 7.89. The van der Waals surface area contributed by atoms with Crippen LogP contribution >= 0.6 is 0 Å². The lowest BCUT2D eigenvalue weighted by molar-refractivity contribution is 0.0661. The number of sulfonamides is 1.